The van der Waals surface area contributed by atoms with E-state index >= 15 is 0 Å². The van der Waals surface area contributed by atoms with Gasteiger partial charge in [0.1, 0.15) is 0 Å². The molecule has 0 amide bonds. The van der Waals surface area contributed by atoms with E-state index in [1.165, 1.54) is 0 Å². The summed E-state index contributed by atoms with van der Waals surface area (Å²) >= 11 is 0. The van der Waals surface area contributed by atoms with Gasteiger partial charge in [0.05, 0.1) is 0 Å². The second-order valence-corrected chi connectivity index (χ2v) is 2.88. The molecule has 0 rings (SSSR count). The summed E-state index contributed by atoms with van der Waals surface area (Å²) in [5, 5.41) is 8.17. The average molecular weight is 196 g/mol. The fourth-order valence-corrected chi connectivity index (χ4v) is 0.321. The van der Waals surface area contributed by atoms with Crippen LogP contribution in [0.5, 0.6) is 0 Å². The predicted molar refractivity (Wildman–Crippen MR) is 32.1 cm³/mol. The Morgan fingerprint density at radius 3 is 1.50 bits per heavy atom. The van der Waals surface area contributed by atoms with Crippen LogP contribution in [0.1, 0.15) is 20.8 Å². The molecule has 0 radical (unpaired) electrons. The average Bonchev–Trinajstić information content (AvgIpc) is 1.62. The number of rotatable bonds is 1. The van der Waals surface area contributed by atoms with E-state index in [1.807, 2.05) is 0 Å². The van der Waals surface area contributed by atoms with Crippen molar-refractivity contribution in [1.82, 2.24) is 0 Å². The van der Waals surface area contributed by atoms with Crippen LogP contribution < -0.4 is 0 Å². The first-order valence-electron chi connectivity index (χ1n) is 2.63. The summed E-state index contributed by atoms with van der Waals surface area (Å²) in [6, 6.07) is 0. The van der Waals surface area contributed by atoms with Gasteiger partial charge in [0, 0.05) is 24.9 Å². The Labute approximate surface area is 72.6 Å². The van der Waals surface area contributed by atoms with E-state index in [4.69, 9.17) is 5.11 Å². The maximum absolute atomic E-state index is 10.6. The molecule has 0 aliphatic carbocycles. The second kappa shape index (κ2) is 3.82. The molecule has 1 N–H and O–H groups in total. The van der Waals surface area contributed by atoms with Gasteiger partial charge in [-0.25, -0.2) is 4.79 Å². The van der Waals surface area contributed by atoms with E-state index in [2.05, 4.69) is 0 Å². The standard InChI is InChI=1S/C6H10O3.Zn/c1-6(2,3)4(7)5(8)9;/h1-3H3,(H,8,9);. The van der Waals surface area contributed by atoms with Gasteiger partial charge in [0.2, 0.25) is 5.78 Å². The molecule has 0 atom stereocenters. The number of hydrogen-bond acceptors (Lipinski definition) is 2. The summed E-state index contributed by atoms with van der Waals surface area (Å²) in [6.07, 6.45) is 0. The number of ketones is 1. The van der Waals surface area contributed by atoms with Crippen LogP contribution in [0.3, 0.4) is 0 Å². The molecule has 0 spiro atoms. The zero-order chi connectivity index (χ0) is 7.65. The molecule has 4 heteroatoms. The fourth-order valence-electron chi connectivity index (χ4n) is 0.321. The van der Waals surface area contributed by atoms with Crippen LogP contribution in [0.2, 0.25) is 0 Å². The molecule has 0 unspecified atom stereocenters. The van der Waals surface area contributed by atoms with Gasteiger partial charge in [-0.1, -0.05) is 20.8 Å². The molecule has 0 aromatic rings. The number of Topliss-reactive ketones (excluding diaryl/α,β-unsaturated/α-hetero) is 1. The molecule has 0 heterocycles. The van der Waals surface area contributed by atoms with Crippen LogP contribution >= 0.6 is 0 Å². The van der Waals surface area contributed by atoms with Gasteiger partial charge in [-0.05, 0) is 0 Å². The van der Waals surface area contributed by atoms with E-state index in [1.54, 1.807) is 20.8 Å². The van der Waals surface area contributed by atoms with Gasteiger partial charge < -0.3 is 5.11 Å². The molecule has 0 aromatic carbocycles. The molecule has 0 saturated heterocycles. The van der Waals surface area contributed by atoms with Crippen LogP contribution in [-0.4, -0.2) is 16.9 Å². The van der Waals surface area contributed by atoms with Crippen molar-refractivity contribution < 1.29 is 34.2 Å². The first-order valence-corrected chi connectivity index (χ1v) is 2.63. The summed E-state index contributed by atoms with van der Waals surface area (Å²) in [7, 11) is 0. The van der Waals surface area contributed by atoms with Crippen molar-refractivity contribution in [1.29, 1.82) is 0 Å². The number of carbonyl (C=O) groups excluding carboxylic acids is 1. The first kappa shape index (κ1) is 12.4. The van der Waals surface area contributed by atoms with Gasteiger partial charge >= 0.3 is 5.97 Å². The molecule has 0 bridgehead atoms. The second-order valence-electron chi connectivity index (χ2n) is 2.88. The Bertz CT molecular complexity index is 146. The predicted octanol–water partition coefficient (Wildman–Crippen LogP) is 0.684. The molecule has 54 valence electrons. The van der Waals surface area contributed by atoms with E-state index in [-0.39, 0.29) is 19.5 Å². The normalized spacial score (nSPS) is 9.90. The quantitative estimate of drug-likeness (QED) is 0.495. The minimum absolute atomic E-state index is 0. The minimum Gasteiger partial charge on any atom is -0.475 e. The number of carbonyl (C=O) groups is 2. The number of carboxylic acid groups (broad SMARTS) is 1. The molecule has 3 nitrogen and oxygen atoms in total. The Kier molecular flexibility index (Phi) is 4.75. The van der Waals surface area contributed by atoms with Crippen molar-refractivity contribution in [2.75, 3.05) is 0 Å². The molecule has 10 heavy (non-hydrogen) atoms. The van der Waals surface area contributed by atoms with Crippen molar-refractivity contribution in [2.45, 2.75) is 20.8 Å². The Morgan fingerprint density at radius 2 is 1.50 bits per heavy atom. The summed E-state index contributed by atoms with van der Waals surface area (Å²) in [5.41, 5.74) is -0.758. The van der Waals surface area contributed by atoms with Gasteiger partial charge in [0.15, 0.2) is 0 Å². The fraction of sp³-hybridized carbons (Fsp3) is 0.667. The number of carboxylic acids is 1. The summed E-state index contributed by atoms with van der Waals surface area (Å²) in [4.78, 5) is 20.6. The molecule has 0 aliphatic rings. The van der Waals surface area contributed by atoms with Crippen molar-refractivity contribution in [3.63, 3.8) is 0 Å². The van der Waals surface area contributed by atoms with Gasteiger partial charge in [0.25, 0.3) is 0 Å². The van der Waals surface area contributed by atoms with Crippen molar-refractivity contribution >= 4 is 11.8 Å². The van der Waals surface area contributed by atoms with E-state index in [0.717, 1.165) is 0 Å². The Hall–Kier alpha value is -0.237. The third-order valence-electron chi connectivity index (χ3n) is 0.875. The zero-order valence-electron chi connectivity index (χ0n) is 6.47. The van der Waals surface area contributed by atoms with E-state index in [9.17, 15) is 9.59 Å². The SMILES string of the molecule is CC(C)(C)C(=O)C(=O)O.[Zn]. The molecule has 0 aliphatic heterocycles. The van der Waals surface area contributed by atoms with E-state index < -0.39 is 17.2 Å². The van der Waals surface area contributed by atoms with Crippen molar-refractivity contribution in [3.8, 4) is 0 Å². The van der Waals surface area contributed by atoms with Crippen LogP contribution in [0.4, 0.5) is 0 Å². The zero-order valence-corrected chi connectivity index (χ0v) is 9.44. The summed E-state index contributed by atoms with van der Waals surface area (Å²) in [6.45, 7) is 4.72. The Balaban J connectivity index is 0. The van der Waals surface area contributed by atoms with Gasteiger partial charge in [-0.2, -0.15) is 0 Å². The Morgan fingerprint density at radius 1 is 1.20 bits per heavy atom. The topological polar surface area (TPSA) is 54.4 Å². The minimum atomic E-state index is -1.36. The maximum atomic E-state index is 10.6. The van der Waals surface area contributed by atoms with Crippen LogP contribution in [0.25, 0.3) is 0 Å². The molecular formula is C6H10O3Zn. The van der Waals surface area contributed by atoms with Crippen molar-refractivity contribution in [3.05, 3.63) is 0 Å². The maximum Gasteiger partial charge on any atom is 0.372 e. The molecule has 0 aromatic heterocycles. The van der Waals surface area contributed by atoms with Crippen LogP contribution in [0, 0.1) is 5.41 Å². The molecular weight excluding hydrogens is 185 g/mol. The molecule has 0 saturated carbocycles. The van der Waals surface area contributed by atoms with E-state index in [0.29, 0.717) is 0 Å². The summed E-state index contributed by atoms with van der Waals surface area (Å²) in [5.74, 6) is -2.11. The van der Waals surface area contributed by atoms with Crippen molar-refractivity contribution in [2.24, 2.45) is 5.41 Å². The largest absolute Gasteiger partial charge is 0.475 e. The number of hydrogen-bond donors (Lipinski definition) is 1. The van der Waals surface area contributed by atoms with Crippen LogP contribution in [0.15, 0.2) is 0 Å². The monoisotopic (exact) mass is 194 g/mol. The third-order valence-corrected chi connectivity index (χ3v) is 0.875. The van der Waals surface area contributed by atoms with Crippen LogP contribution in [-0.2, 0) is 29.1 Å². The molecule has 0 fully saturated rings. The smallest absolute Gasteiger partial charge is 0.372 e. The van der Waals surface area contributed by atoms with Gasteiger partial charge in [-0.15, -0.1) is 0 Å². The third kappa shape index (κ3) is 3.73. The van der Waals surface area contributed by atoms with Gasteiger partial charge in [-0.3, -0.25) is 4.79 Å². The number of aliphatic carboxylic acids is 1. The summed E-state index contributed by atoms with van der Waals surface area (Å²) < 4.78 is 0. The first-order chi connectivity index (χ1) is 3.85.